The highest BCUT2D eigenvalue weighted by Gasteiger charge is 2.17. The summed E-state index contributed by atoms with van der Waals surface area (Å²) in [6, 6.07) is 0. The van der Waals surface area contributed by atoms with Gasteiger partial charge in [-0.1, -0.05) is 88.6 Å². The molecular formula is C28H46N4O3S. The van der Waals surface area contributed by atoms with Crippen LogP contribution < -0.4 is 4.74 Å². The highest BCUT2D eigenvalue weighted by molar-refractivity contribution is 8.00. The average molecular weight is 519 g/mol. The van der Waals surface area contributed by atoms with E-state index in [2.05, 4.69) is 34.1 Å². The van der Waals surface area contributed by atoms with Gasteiger partial charge < -0.3 is 9.47 Å². The number of unbranched alkanes of at least 4 members (excludes halogenated alkanes) is 12. The van der Waals surface area contributed by atoms with Crippen LogP contribution in [-0.4, -0.2) is 44.7 Å². The minimum absolute atomic E-state index is 0.197. The lowest BCUT2D eigenvalue weighted by molar-refractivity contribution is -0.139. The molecule has 0 N–H and O–H groups in total. The normalized spacial score (nSPS) is 11.5. The van der Waals surface area contributed by atoms with Crippen molar-refractivity contribution < 1.29 is 14.3 Å². The molecule has 0 spiro atoms. The summed E-state index contributed by atoms with van der Waals surface area (Å²) >= 11 is 1.31. The second kappa shape index (κ2) is 19.1. The van der Waals surface area contributed by atoms with Crippen LogP contribution in [0, 0.1) is 0 Å². The Morgan fingerprint density at radius 1 is 0.889 bits per heavy atom. The van der Waals surface area contributed by atoms with E-state index in [-0.39, 0.29) is 11.7 Å². The first-order chi connectivity index (χ1) is 17.7. The van der Waals surface area contributed by atoms with Gasteiger partial charge in [-0.15, -0.1) is 0 Å². The topological polar surface area (TPSA) is 79.1 Å². The smallest absolute Gasteiger partial charge is 0.316 e. The van der Waals surface area contributed by atoms with Crippen LogP contribution in [0.3, 0.4) is 0 Å². The fourth-order valence-electron chi connectivity index (χ4n) is 4.07. The Bertz CT molecular complexity index is 900. The quantitative estimate of drug-likeness (QED) is 0.0558. The van der Waals surface area contributed by atoms with Crippen molar-refractivity contribution in [2.45, 2.75) is 109 Å². The highest BCUT2D eigenvalue weighted by Crippen LogP contribution is 2.29. The van der Waals surface area contributed by atoms with Crippen molar-refractivity contribution in [1.82, 2.24) is 19.7 Å². The Kier molecular flexibility index (Phi) is 16.0. The third-order valence-corrected chi connectivity index (χ3v) is 7.01. The van der Waals surface area contributed by atoms with Crippen LogP contribution in [0.4, 0.5) is 0 Å². The van der Waals surface area contributed by atoms with Crippen LogP contribution in [0.15, 0.2) is 23.5 Å². The first-order valence-electron chi connectivity index (χ1n) is 13.9. The number of nitrogens with zero attached hydrogens (tertiary/aromatic N) is 4. The first-order valence-corrected chi connectivity index (χ1v) is 14.9. The summed E-state index contributed by atoms with van der Waals surface area (Å²) in [6.07, 6.45) is 24.3. The van der Waals surface area contributed by atoms with Gasteiger partial charge in [-0.05, 0) is 39.0 Å². The van der Waals surface area contributed by atoms with E-state index in [4.69, 9.17) is 9.47 Å². The largest absolute Gasteiger partial charge is 0.476 e. The molecule has 0 bridgehead atoms. The fraction of sp³-hybridized carbons (Fsp3) is 0.714. The van der Waals surface area contributed by atoms with Crippen LogP contribution in [0.1, 0.15) is 104 Å². The molecule has 2 rings (SSSR count). The van der Waals surface area contributed by atoms with E-state index in [1.165, 1.54) is 102 Å². The number of thioether (sulfide) groups is 1. The number of carbonyl (C=O) groups excluding carboxylic acids is 1. The van der Waals surface area contributed by atoms with E-state index < -0.39 is 0 Å². The van der Waals surface area contributed by atoms with Gasteiger partial charge in [-0.25, -0.2) is 14.6 Å². The molecule has 7 nitrogen and oxygen atoms in total. The predicted octanol–water partition coefficient (Wildman–Crippen LogP) is 7.43. The van der Waals surface area contributed by atoms with Gasteiger partial charge in [0.05, 0.1) is 19.0 Å². The summed E-state index contributed by atoms with van der Waals surface area (Å²) in [6.45, 7) is 5.08. The van der Waals surface area contributed by atoms with E-state index in [9.17, 15) is 4.79 Å². The second-order valence-electron chi connectivity index (χ2n) is 9.18. The van der Waals surface area contributed by atoms with Crippen LogP contribution in [0.25, 0.3) is 11.0 Å². The maximum absolute atomic E-state index is 11.7. The molecule has 2 heterocycles. The van der Waals surface area contributed by atoms with Gasteiger partial charge in [0.2, 0.25) is 5.88 Å². The van der Waals surface area contributed by atoms with E-state index in [0.29, 0.717) is 35.2 Å². The molecule has 36 heavy (non-hydrogen) atoms. The number of hydrogen-bond donors (Lipinski definition) is 0. The number of rotatable bonds is 21. The SMILES string of the molecule is CCCCCCCC/C=C/CCCCCCCCOc1c2ncnc(SCC(=O)OCC)c2nn1C. The maximum atomic E-state index is 11.7. The van der Waals surface area contributed by atoms with Crippen LogP contribution >= 0.6 is 11.8 Å². The summed E-state index contributed by atoms with van der Waals surface area (Å²) in [5, 5.41) is 5.18. The summed E-state index contributed by atoms with van der Waals surface area (Å²) in [5.41, 5.74) is 1.34. The number of ether oxygens (including phenoxy) is 2. The lowest BCUT2D eigenvalue weighted by Crippen LogP contribution is -2.06. The molecule has 0 saturated carbocycles. The van der Waals surface area contributed by atoms with E-state index in [1.54, 1.807) is 11.6 Å². The second-order valence-corrected chi connectivity index (χ2v) is 10.1. The van der Waals surface area contributed by atoms with Gasteiger partial charge in [-0.2, -0.15) is 5.10 Å². The Labute approximate surface area is 221 Å². The molecule has 0 unspecified atom stereocenters. The Balaban J connectivity index is 1.55. The minimum Gasteiger partial charge on any atom is -0.476 e. The number of carbonyl (C=O) groups is 1. The monoisotopic (exact) mass is 518 g/mol. The maximum Gasteiger partial charge on any atom is 0.316 e. The third kappa shape index (κ3) is 11.8. The molecule has 0 atom stereocenters. The van der Waals surface area contributed by atoms with Crippen molar-refractivity contribution in [3.63, 3.8) is 0 Å². The van der Waals surface area contributed by atoms with Crippen molar-refractivity contribution in [3.8, 4) is 5.88 Å². The standard InChI is InChI=1S/C28H46N4O3S/c1-4-6-7-8-9-10-11-12-13-14-15-16-17-18-19-20-21-35-28-26-25(31-32(28)3)27(30-23-29-26)36-22-24(33)34-5-2/h12-13,23H,4-11,14-22H2,1-3H3/b13-12+. The van der Waals surface area contributed by atoms with Crippen LogP contribution in [0.5, 0.6) is 5.88 Å². The number of allylic oxidation sites excluding steroid dienone is 2. The van der Waals surface area contributed by atoms with Crippen molar-refractivity contribution in [1.29, 1.82) is 0 Å². The minimum atomic E-state index is -0.262. The van der Waals surface area contributed by atoms with Gasteiger partial charge in [-0.3, -0.25) is 4.79 Å². The molecule has 0 saturated heterocycles. The highest BCUT2D eigenvalue weighted by atomic mass is 32.2. The number of esters is 1. The number of aromatic nitrogens is 4. The van der Waals surface area contributed by atoms with Crippen molar-refractivity contribution in [2.24, 2.45) is 7.05 Å². The zero-order valence-electron chi connectivity index (χ0n) is 22.7. The summed E-state index contributed by atoms with van der Waals surface area (Å²) < 4.78 is 12.7. The van der Waals surface area contributed by atoms with Crippen LogP contribution in [0.2, 0.25) is 0 Å². The summed E-state index contributed by atoms with van der Waals surface area (Å²) in [4.78, 5) is 20.3. The third-order valence-electron chi connectivity index (χ3n) is 6.06. The van der Waals surface area contributed by atoms with Gasteiger partial charge in [0.15, 0.2) is 5.52 Å². The molecular weight excluding hydrogens is 472 g/mol. The lowest BCUT2D eigenvalue weighted by atomic mass is 10.1. The van der Waals surface area contributed by atoms with Gasteiger partial charge in [0.1, 0.15) is 16.9 Å². The Morgan fingerprint density at radius 3 is 2.19 bits per heavy atom. The molecule has 0 fully saturated rings. The molecule has 8 heteroatoms. The molecule has 2 aromatic heterocycles. The number of aryl methyl sites for hydroxylation is 1. The first kappa shape index (κ1) is 30.1. The number of hydrogen-bond acceptors (Lipinski definition) is 7. The molecule has 0 amide bonds. The van der Waals surface area contributed by atoms with Crippen LogP contribution in [-0.2, 0) is 16.6 Å². The molecule has 202 valence electrons. The zero-order valence-corrected chi connectivity index (χ0v) is 23.5. The Morgan fingerprint density at radius 2 is 1.53 bits per heavy atom. The summed E-state index contributed by atoms with van der Waals surface area (Å²) in [5.74, 6) is 0.585. The van der Waals surface area contributed by atoms with E-state index in [1.807, 2.05) is 7.05 Å². The Hall–Kier alpha value is -2.09. The number of fused-ring (bicyclic) bond motifs is 1. The fourth-order valence-corrected chi connectivity index (χ4v) is 4.81. The zero-order chi connectivity index (χ0) is 25.8. The lowest BCUT2D eigenvalue weighted by Gasteiger charge is -2.06. The van der Waals surface area contributed by atoms with Crippen molar-refractivity contribution >= 4 is 28.8 Å². The van der Waals surface area contributed by atoms with E-state index >= 15 is 0 Å². The van der Waals surface area contributed by atoms with Crippen molar-refractivity contribution in [2.75, 3.05) is 19.0 Å². The molecule has 0 radical (unpaired) electrons. The van der Waals surface area contributed by atoms with Gasteiger partial charge in [0.25, 0.3) is 0 Å². The molecule has 0 aromatic carbocycles. The average Bonchev–Trinajstić information content (AvgIpc) is 3.20. The predicted molar refractivity (Wildman–Crippen MR) is 149 cm³/mol. The molecule has 0 aliphatic rings. The summed E-state index contributed by atoms with van der Waals surface area (Å²) in [7, 11) is 1.85. The molecule has 0 aliphatic carbocycles. The molecule has 0 aliphatic heterocycles. The van der Waals surface area contributed by atoms with Gasteiger partial charge >= 0.3 is 5.97 Å². The van der Waals surface area contributed by atoms with E-state index in [0.717, 1.165) is 6.42 Å². The molecule has 2 aromatic rings. The van der Waals surface area contributed by atoms with Crippen molar-refractivity contribution in [3.05, 3.63) is 18.5 Å². The van der Waals surface area contributed by atoms with Gasteiger partial charge in [0, 0.05) is 7.05 Å².